The van der Waals surface area contributed by atoms with E-state index in [0.29, 0.717) is 6.42 Å². The summed E-state index contributed by atoms with van der Waals surface area (Å²) in [5, 5.41) is 0. The number of hydrogen-bond donors (Lipinski definition) is 2. The third kappa shape index (κ3) is 5.39. The van der Waals surface area contributed by atoms with E-state index in [1.165, 1.54) is 0 Å². The summed E-state index contributed by atoms with van der Waals surface area (Å²) in [6, 6.07) is 9.34. The molecule has 2 N–H and O–H groups in total. The Morgan fingerprint density at radius 2 is 1.94 bits per heavy atom. The molecule has 5 nitrogen and oxygen atoms in total. The Bertz CT molecular complexity index is 347. The second-order valence-corrected chi connectivity index (χ2v) is 4.42. The molecule has 0 heterocycles. The number of rotatable bonds is 6. The van der Waals surface area contributed by atoms with Crippen LogP contribution in [0, 0.1) is 0 Å². The minimum absolute atomic E-state index is 0.263. The lowest BCUT2D eigenvalue weighted by Crippen LogP contribution is -2.14. The largest absolute Gasteiger partial charge is 0.471 e. The molecule has 0 bridgehead atoms. The van der Waals surface area contributed by atoms with Crippen molar-refractivity contribution in [3.8, 4) is 0 Å². The lowest BCUT2D eigenvalue weighted by molar-refractivity contribution is -0.102. The SMILES string of the molecule is CCC(OCc1ccccc1)OP(=O)(O)O. The molecular formula is C10H15O5P. The quantitative estimate of drug-likeness (QED) is 0.593. The van der Waals surface area contributed by atoms with Crippen LogP contribution in [0.3, 0.4) is 0 Å². The first kappa shape index (κ1) is 13.4. The van der Waals surface area contributed by atoms with Crippen molar-refractivity contribution >= 4 is 7.82 Å². The topological polar surface area (TPSA) is 76.0 Å². The Balaban J connectivity index is 2.43. The zero-order valence-corrected chi connectivity index (χ0v) is 9.84. The molecule has 0 radical (unpaired) electrons. The molecular weight excluding hydrogens is 231 g/mol. The fourth-order valence-corrected chi connectivity index (χ4v) is 1.66. The van der Waals surface area contributed by atoms with Gasteiger partial charge in [0.2, 0.25) is 0 Å². The highest BCUT2D eigenvalue weighted by Gasteiger charge is 2.21. The van der Waals surface area contributed by atoms with E-state index < -0.39 is 14.1 Å². The highest BCUT2D eigenvalue weighted by molar-refractivity contribution is 7.46. The van der Waals surface area contributed by atoms with Crippen molar-refractivity contribution in [2.75, 3.05) is 0 Å². The number of phosphoric ester groups is 1. The Hall–Kier alpha value is -0.710. The fraction of sp³-hybridized carbons (Fsp3) is 0.400. The van der Waals surface area contributed by atoms with Crippen molar-refractivity contribution in [2.45, 2.75) is 26.2 Å². The molecule has 0 aliphatic rings. The van der Waals surface area contributed by atoms with Crippen LogP contribution in [0.25, 0.3) is 0 Å². The zero-order chi connectivity index (χ0) is 12.0. The van der Waals surface area contributed by atoms with Crippen LogP contribution in [0.5, 0.6) is 0 Å². The van der Waals surface area contributed by atoms with Gasteiger partial charge in [0.25, 0.3) is 0 Å². The highest BCUT2D eigenvalue weighted by atomic mass is 31.2. The molecule has 1 aromatic carbocycles. The van der Waals surface area contributed by atoms with Crippen molar-refractivity contribution in [1.29, 1.82) is 0 Å². The molecule has 1 atom stereocenters. The molecule has 1 aromatic rings. The summed E-state index contributed by atoms with van der Waals surface area (Å²) in [5.74, 6) is 0. The second-order valence-electron chi connectivity index (χ2n) is 3.23. The van der Waals surface area contributed by atoms with Crippen molar-refractivity contribution < 1.29 is 23.6 Å². The van der Waals surface area contributed by atoms with Crippen LogP contribution < -0.4 is 0 Å². The summed E-state index contributed by atoms with van der Waals surface area (Å²) in [5.41, 5.74) is 0.926. The summed E-state index contributed by atoms with van der Waals surface area (Å²) in [4.78, 5) is 17.3. The molecule has 0 spiro atoms. The monoisotopic (exact) mass is 246 g/mol. The lowest BCUT2D eigenvalue weighted by atomic mass is 10.2. The van der Waals surface area contributed by atoms with Crippen molar-refractivity contribution in [2.24, 2.45) is 0 Å². The molecule has 1 unspecified atom stereocenters. The van der Waals surface area contributed by atoms with E-state index in [9.17, 15) is 4.57 Å². The average Bonchev–Trinajstić information content (AvgIpc) is 2.24. The molecule has 1 rings (SSSR count). The number of benzene rings is 1. The van der Waals surface area contributed by atoms with Gasteiger partial charge in [-0.15, -0.1) is 0 Å². The maximum atomic E-state index is 10.6. The van der Waals surface area contributed by atoms with Crippen LogP contribution in [0.4, 0.5) is 0 Å². The Kier molecular flexibility index (Phi) is 5.12. The van der Waals surface area contributed by atoms with Crippen LogP contribution >= 0.6 is 7.82 Å². The smallest absolute Gasteiger partial charge is 0.347 e. The molecule has 6 heteroatoms. The van der Waals surface area contributed by atoms with Gasteiger partial charge in [-0.2, -0.15) is 0 Å². The van der Waals surface area contributed by atoms with Crippen molar-refractivity contribution in [3.63, 3.8) is 0 Å². The van der Waals surface area contributed by atoms with E-state index in [-0.39, 0.29) is 6.61 Å². The molecule has 90 valence electrons. The number of hydrogen-bond acceptors (Lipinski definition) is 3. The van der Waals surface area contributed by atoms with Gasteiger partial charge in [0.05, 0.1) is 6.61 Å². The van der Waals surface area contributed by atoms with Gasteiger partial charge >= 0.3 is 7.82 Å². The Labute approximate surface area is 94.3 Å². The van der Waals surface area contributed by atoms with Crippen molar-refractivity contribution in [3.05, 3.63) is 35.9 Å². The Morgan fingerprint density at radius 3 is 2.44 bits per heavy atom. The summed E-state index contributed by atoms with van der Waals surface area (Å²) < 4.78 is 20.3. The van der Waals surface area contributed by atoms with E-state index in [2.05, 4.69) is 4.52 Å². The molecule has 0 aliphatic carbocycles. The van der Waals surface area contributed by atoms with E-state index in [4.69, 9.17) is 14.5 Å². The molecule has 0 aliphatic heterocycles. The van der Waals surface area contributed by atoms with Crippen LogP contribution in [-0.4, -0.2) is 16.1 Å². The van der Waals surface area contributed by atoms with Gasteiger partial charge in [-0.1, -0.05) is 37.3 Å². The first-order valence-corrected chi connectivity index (χ1v) is 6.44. The third-order valence-corrected chi connectivity index (χ3v) is 2.38. The first-order valence-electron chi connectivity index (χ1n) is 4.90. The zero-order valence-electron chi connectivity index (χ0n) is 8.94. The minimum atomic E-state index is -4.48. The molecule has 16 heavy (non-hydrogen) atoms. The van der Waals surface area contributed by atoms with Crippen molar-refractivity contribution in [1.82, 2.24) is 0 Å². The maximum Gasteiger partial charge on any atom is 0.471 e. The Morgan fingerprint density at radius 1 is 1.31 bits per heavy atom. The summed E-state index contributed by atoms with van der Waals surface area (Å²) in [7, 11) is -4.48. The summed E-state index contributed by atoms with van der Waals surface area (Å²) in [6.07, 6.45) is -0.515. The predicted molar refractivity (Wildman–Crippen MR) is 58.4 cm³/mol. The van der Waals surface area contributed by atoms with Gasteiger partial charge in [0.1, 0.15) is 0 Å². The highest BCUT2D eigenvalue weighted by Crippen LogP contribution is 2.38. The maximum absolute atomic E-state index is 10.6. The van der Waals surface area contributed by atoms with Gasteiger partial charge in [0, 0.05) is 0 Å². The molecule has 0 aromatic heterocycles. The van der Waals surface area contributed by atoms with Gasteiger partial charge in [-0.05, 0) is 12.0 Å². The van der Waals surface area contributed by atoms with E-state index in [1.807, 2.05) is 30.3 Å². The molecule has 0 saturated heterocycles. The third-order valence-electron chi connectivity index (χ3n) is 1.87. The van der Waals surface area contributed by atoms with E-state index in [1.54, 1.807) is 6.92 Å². The molecule has 0 amide bonds. The summed E-state index contributed by atoms with van der Waals surface area (Å²) in [6.45, 7) is 1.99. The average molecular weight is 246 g/mol. The number of phosphoric acid groups is 1. The fourth-order valence-electron chi connectivity index (χ4n) is 1.14. The summed E-state index contributed by atoms with van der Waals surface area (Å²) >= 11 is 0. The standard InChI is InChI=1S/C10H15O5P/c1-2-10(15-16(11,12)13)14-8-9-6-4-3-5-7-9/h3-7,10H,2,8H2,1H3,(H2,11,12,13). The second kappa shape index (κ2) is 6.13. The van der Waals surface area contributed by atoms with Gasteiger partial charge in [-0.25, -0.2) is 4.57 Å². The normalized spacial score (nSPS) is 13.7. The molecule has 0 fully saturated rings. The van der Waals surface area contributed by atoms with Gasteiger partial charge in [-0.3, -0.25) is 4.52 Å². The van der Waals surface area contributed by atoms with Crippen LogP contribution in [0.2, 0.25) is 0 Å². The minimum Gasteiger partial charge on any atom is -0.347 e. The van der Waals surface area contributed by atoms with Gasteiger partial charge in [0.15, 0.2) is 6.29 Å². The van der Waals surface area contributed by atoms with Crippen LogP contribution in [0.1, 0.15) is 18.9 Å². The van der Waals surface area contributed by atoms with E-state index >= 15 is 0 Å². The molecule has 0 saturated carbocycles. The van der Waals surface area contributed by atoms with Crippen LogP contribution in [-0.2, 0) is 20.4 Å². The first-order chi connectivity index (χ1) is 7.51. The van der Waals surface area contributed by atoms with Gasteiger partial charge < -0.3 is 14.5 Å². The lowest BCUT2D eigenvalue weighted by Gasteiger charge is -2.17. The number of ether oxygens (including phenoxy) is 1. The van der Waals surface area contributed by atoms with Crippen LogP contribution in [0.15, 0.2) is 30.3 Å². The van der Waals surface area contributed by atoms with E-state index in [0.717, 1.165) is 5.56 Å². The predicted octanol–water partition coefficient (Wildman–Crippen LogP) is 2.05.